The monoisotopic (exact) mass is 565 g/mol. The molecule has 1 aliphatic rings. The molecule has 41 heavy (non-hydrogen) atoms. The molecule has 2 heterocycles. The lowest BCUT2D eigenvalue weighted by Crippen LogP contribution is -2.42. The number of nitrogens with one attached hydrogen (secondary N) is 1. The summed E-state index contributed by atoms with van der Waals surface area (Å²) in [5.74, 6) is -3.59. The SMILES string of the molecule is NC(=O)c1nnn([C@@H]2O[C@H](CNC(=O)[C@@H](CC(=O)CCC(=O)O)Cc3ccccc3)[C@@H](O)C2O)c1-c1ccccc1. The van der Waals surface area contributed by atoms with E-state index in [1.165, 1.54) is 4.68 Å². The largest absolute Gasteiger partial charge is 0.481 e. The van der Waals surface area contributed by atoms with E-state index in [4.69, 9.17) is 15.6 Å². The van der Waals surface area contributed by atoms with Gasteiger partial charge >= 0.3 is 5.97 Å². The Kier molecular flexibility index (Phi) is 9.55. The smallest absolute Gasteiger partial charge is 0.303 e. The van der Waals surface area contributed by atoms with Gasteiger partial charge in [0, 0.05) is 30.9 Å². The van der Waals surface area contributed by atoms with Gasteiger partial charge in [-0.2, -0.15) is 0 Å². The van der Waals surface area contributed by atoms with Crippen molar-refractivity contribution in [3.63, 3.8) is 0 Å². The number of hydrogen-bond donors (Lipinski definition) is 5. The number of carboxylic acid groups (broad SMARTS) is 1. The number of ketones is 1. The first kappa shape index (κ1) is 29.5. The first-order valence-electron chi connectivity index (χ1n) is 13.0. The molecule has 1 fully saturated rings. The molecular formula is C28H31N5O8. The fourth-order valence-corrected chi connectivity index (χ4v) is 4.73. The van der Waals surface area contributed by atoms with Crippen molar-refractivity contribution >= 4 is 23.6 Å². The van der Waals surface area contributed by atoms with E-state index in [1.54, 1.807) is 42.5 Å². The number of benzene rings is 2. The molecule has 2 amide bonds. The third-order valence-electron chi connectivity index (χ3n) is 6.82. The number of primary amides is 1. The van der Waals surface area contributed by atoms with Gasteiger partial charge in [0.25, 0.3) is 5.91 Å². The van der Waals surface area contributed by atoms with Gasteiger partial charge in [-0.05, 0) is 12.0 Å². The molecule has 1 saturated heterocycles. The van der Waals surface area contributed by atoms with E-state index in [-0.39, 0.29) is 49.4 Å². The maximum absolute atomic E-state index is 13.2. The zero-order valence-electron chi connectivity index (χ0n) is 22.0. The lowest BCUT2D eigenvalue weighted by atomic mass is 9.92. The molecule has 13 nitrogen and oxygen atoms in total. The molecule has 13 heteroatoms. The predicted octanol–water partition coefficient (Wildman–Crippen LogP) is 0.462. The van der Waals surface area contributed by atoms with Crippen molar-refractivity contribution in [2.45, 2.75) is 50.2 Å². The maximum atomic E-state index is 13.2. The standard InChI is InChI=1S/C28H31N5O8/c29-26(39)22-23(17-9-5-2-6-10-17)33(32-31-22)28-25(38)24(37)20(41-28)15-30-27(40)18(13-16-7-3-1-4-8-16)14-19(34)11-12-21(35)36/h1-10,18,20,24-25,28,37-38H,11-15H2,(H2,29,39)(H,30,40)(H,35,36)/t18-,20-,24-,25?,28-/m1/s1. The van der Waals surface area contributed by atoms with Gasteiger partial charge in [-0.1, -0.05) is 65.9 Å². The molecule has 0 bridgehead atoms. The summed E-state index contributed by atoms with van der Waals surface area (Å²) >= 11 is 0. The van der Waals surface area contributed by atoms with Crippen LogP contribution in [0.2, 0.25) is 0 Å². The van der Waals surface area contributed by atoms with Crippen LogP contribution in [0.5, 0.6) is 0 Å². The normalized spacial score (nSPS) is 20.8. The number of Topliss-reactive ketones (excluding diaryl/α,β-unsaturated/α-hetero) is 1. The summed E-state index contributed by atoms with van der Waals surface area (Å²) in [4.78, 5) is 48.5. The Labute approximate surface area is 234 Å². The van der Waals surface area contributed by atoms with E-state index in [9.17, 15) is 29.4 Å². The third kappa shape index (κ3) is 7.20. The van der Waals surface area contributed by atoms with E-state index < -0.39 is 48.2 Å². The van der Waals surface area contributed by atoms with Gasteiger partial charge in [-0.25, -0.2) is 4.68 Å². The minimum Gasteiger partial charge on any atom is -0.481 e. The van der Waals surface area contributed by atoms with Crippen molar-refractivity contribution in [2.24, 2.45) is 11.7 Å². The fourth-order valence-electron chi connectivity index (χ4n) is 4.73. The Bertz CT molecular complexity index is 1380. The van der Waals surface area contributed by atoms with Crippen LogP contribution in [-0.4, -0.2) is 78.7 Å². The third-order valence-corrected chi connectivity index (χ3v) is 6.82. The predicted molar refractivity (Wildman–Crippen MR) is 143 cm³/mol. The lowest BCUT2D eigenvalue weighted by Gasteiger charge is -2.20. The Morgan fingerprint density at radius 2 is 1.63 bits per heavy atom. The number of rotatable bonds is 13. The maximum Gasteiger partial charge on any atom is 0.303 e. The van der Waals surface area contributed by atoms with Gasteiger partial charge in [0.15, 0.2) is 11.9 Å². The minimum atomic E-state index is -1.49. The zero-order chi connectivity index (χ0) is 29.5. The molecule has 2 aromatic carbocycles. The molecule has 216 valence electrons. The zero-order valence-corrected chi connectivity index (χ0v) is 22.0. The van der Waals surface area contributed by atoms with Gasteiger partial charge in [0.05, 0.1) is 6.42 Å². The molecule has 0 saturated carbocycles. The molecule has 3 aromatic rings. The second-order valence-corrected chi connectivity index (χ2v) is 9.78. The van der Waals surface area contributed by atoms with Crippen molar-refractivity contribution in [2.75, 3.05) is 6.54 Å². The summed E-state index contributed by atoms with van der Waals surface area (Å²) in [6.07, 6.45) is -5.69. The topological polar surface area (TPSA) is 207 Å². The average Bonchev–Trinajstić information content (AvgIpc) is 3.52. The quantitative estimate of drug-likeness (QED) is 0.193. The molecule has 0 radical (unpaired) electrons. The van der Waals surface area contributed by atoms with Crippen LogP contribution in [0.4, 0.5) is 0 Å². The van der Waals surface area contributed by atoms with Crippen LogP contribution < -0.4 is 11.1 Å². The molecule has 5 atom stereocenters. The summed E-state index contributed by atoms with van der Waals surface area (Å²) in [6, 6.07) is 17.7. The van der Waals surface area contributed by atoms with E-state index in [0.29, 0.717) is 5.56 Å². The number of aliphatic carboxylic acids is 1. The van der Waals surface area contributed by atoms with E-state index in [0.717, 1.165) is 5.56 Å². The average molecular weight is 566 g/mol. The molecule has 0 spiro atoms. The van der Waals surface area contributed by atoms with Crippen LogP contribution >= 0.6 is 0 Å². The highest BCUT2D eigenvalue weighted by Gasteiger charge is 2.45. The molecular weight excluding hydrogens is 534 g/mol. The first-order valence-corrected chi connectivity index (χ1v) is 13.0. The Morgan fingerprint density at radius 3 is 2.27 bits per heavy atom. The highest BCUT2D eigenvalue weighted by molar-refractivity contribution is 5.96. The minimum absolute atomic E-state index is 0.144. The lowest BCUT2D eigenvalue weighted by molar-refractivity contribution is -0.138. The highest BCUT2D eigenvalue weighted by Crippen LogP contribution is 2.33. The van der Waals surface area contributed by atoms with Crippen LogP contribution in [0.15, 0.2) is 60.7 Å². The van der Waals surface area contributed by atoms with Gasteiger partial charge < -0.3 is 31.1 Å². The molecule has 4 rings (SSSR count). The number of carbonyl (C=O) groups is 4. The fraction of sp³-hybridized carbons (Fsp3) is 0.357. The summed E-state index contributed by atoms with van der Waals surface area (Å²) in [6.45, 7) is -0.208. The van der Waals surface area contributed by atoms with Gasteiger partial charge in [-0.3, -0.25) is 19.2 Å². The number of ether oxygens (including phenoxy) is 1. The van der Waals surface area contributed by atoms with Gasteiger partial charge in [0.1, 0.15) is 29.8 Å². The number of nitrogens with zero attached hydrogens (tertiary/aromatic N) is 3. The summed E-state index contributed by atoms with van der Waals surface area (Å²) in [7, 11) is 0. The molecule has 6 N–H and O–H groups in total. The van der Waals surface area contributed by atoms with Crippen LogP contribution in [0.1, 0.15) is 41.5 Å². The van der Waals surface area contributed by atoms with Gasteiger partial charge in [0.2, 0.25) is 5.91 Å². The number of carboxylic acids is 1. The first-order chi connectivity index (χ1) is 19.7. The highest BCUT2D eigenvalue weighted by atomic mass is 16.6. The van der Waals surface area contributed by atoms with E-state index in [2.05, 4.69) is 15.6 Å². The number of carbonyl (C=O) groups excluding carboxylic acids is 3. The molecule has 0 aliphatic carbocycles. The second-order valence-electron chi connectivity index (χ2n) is 9.78. The molecule has 1 aliphatic heterocycles. The van der Waals surface area contributed by atoms with Crippen LogP contribution in [-0.2, 0) is 25.5 Å². The van der Waals surface area contributed by atoms with Crippen molar-refractivity contribution in [3.8, 4) is 11.3 Å². The number of aliphatic hydroxyl groups is 2. The summed E-state index contributed by atoms with van der Waals surface area (Å²) in [5.41, 5.74) is 6.88. The molecule has 1 unspecified atom stereocenters. The second kappa shape index (κ2) is 13.3. The number of amides is 2. The van der Waals surface area contributed by atoms with Gasteiger partial charge in [-0.15, -0.1) is 5.10 Å². The van der Waals surface area contributed by atoms with Crippen molar-refractivity contribution in [1.82, 2.24) is 20.3 Å². The Hall–Kier alpha value is -4.46. The van der Waals surface area contributed by atoms with E-state index >= 15 is 0 Å². The van der Waals surface area contributed by atoms with E-state index in [1.807, 2.05) is 18.2 Å². The number of aromatic nitrogens is 3. The van der Waals surface area contributed by atoms with Crippen molar-refractivity contribution in [1.29, 1.82) is 0 Å². The van der Waals surface area contributed by atoms with Crippen molar-refractivity contribution < 1.29 is 39.2 Å². The summed E-state index contributed by atoms with van der Waals surface area (Å²) in [5, 5.41) is 40.9. The molecule has 1 aromatic heterocycles. The summed E-state index contributed by atoms with van der Waals surface area (Å²) < 4.78 is 7.05. The Morgan fingerprint density at radius 1 is 0.976 bits per heavy atom. The van der Waals surface area contributed by atoms with Crippen molar-refractivity contribution in [3.05, 3.63) is 71.9 Å². The van der Waals surface area contributed by atoms with Crippen LogP contribution in [0, 0.1) is 5.92 Å². The number of hydrogen-bond acceptors (Lipinski definition) is 9. The van der Waals surface area contributed by atoms with Crippen LogP contribution in [0.3, 0.4) is 0 Å². The number of aliphatic hydroxyl groups excluding tert-OH is 2. The van der Waals surface area contributed by atoms with Crippen LogP contribution in [0.25, 0.3) is 11.3 Å². The number of nitrogens with two attached hydrogens (primary N) is 1. The Balaban J connectivity index is 1.47.